The van der Waals surface area contributed by atoms with Gasteiger partial charge >= 0.3 is 6.18 Å². The molecule has 0 spiro atoms. The van der Waals surface area contributed by atoms with E-state index in [1.54, 1.807) is 0 Å². The van der Waals surface area contributed by atoms with Crippen LogP contribution >= 0.6 is 0 Å². The summed E-state index contributed by atoms with van der Waals surface area (Å²) in [6, 6.07) is 0. The van der Waals surface area contributed by atoms with Crippen molar-refractivity contribution in [2.24, 2.45) is 11.1 Å². The van der Waals surface area contributed by atoms with Crippen LogP contribution in [0.1, 0.15) is 51.4 Å². The molecule has 1 aliphatic rings. The van der Waals surface area contributed by atoms with Crippen LogP contribution in [0.5, 0.6) is 0 Å². The molecule has 6 heteroatoms. The molecule has 0 aromatic rings. The number of rotatable bonds is 5. The van der Waals surface area contributed by atoms with Crippen LogP contribution in [0, 0.1) is 5.41 Å². The Bertz CT molecular complexity index is 284. The average molecular weight is 280 g/mol. The van der Waals surface area contributed by atoms with E-state index >= 15 is 0 Å². The summed E-state index contributed by atoms with van der Waals surface area (Å²) in [4.78, 5) is 12.2. The Morgan fingerprint density at radius 1 is 1.16 bits per heavy atom. The van der Waals surface area contributed by atoms with Crippen LogP contribution in [0.3, 0.4) is 0 Å². The lowest BCUT2D eigenvalue weighted by atomic mass is 9.79. The van der Waals surface area contributed by atoms with Crippen LogP contribution in [-0.2, 0) is 4.79 Å². The van der Waals surface area contributed by atoms with E-state index in [2.05, 4.69) is 5.32 Å². The second-order valence-electron chi connectivity index (χ2n) is 5.37. The Hall–Kier alpha value is -0.780. The predicted molar refractivity (Wildman–Crippen MR) is 67.5 cm³/mol. The summed E-state index contributed by atoms with van der Waals surface area (Å²) in [5.74, 6) is -0.168. The second kappa shape index (κ2) is 7.12. The zero-order chi connectivity index (χ0) is 14.4. The standard InChI is InChI=1S/C13H23F3N2O/c14-13(15,16)8-5-9-18-11(19)12(10-17)6-3-1-2-4-7-12/h1-10,17H2,(H,18,19). The Morgan fingerprint density at radius 2 is 1.74 bits per heavy atom. The van der Waals surface area contributed by atoms with Crippen LogP contribution in [0.4, 0.5) is 13.2 Å². The molecule has 3 N–H and O–H groups in total. The number of nitrogens with two attached hydrogens (primary N) is 1. The van der Waals surface area contributed by atoms with Gasteiger partial charge in [-0.2, -0.15) is 13.2 Å². The maximum Gasteiger partial charge on any atom is 0.389 e. The summed E-state index contributed by atoms with van der Waals surface area (Å²) in [5.41, 5.74) is 5.18. The molecule has 19 heavy (non-hydrogen) atoms. The molecule has 0 aromatic carbocycles. The first kappa shape index (κ1) is 16.3. The fraction of sp³-hybridized carbons (Fsp3) is 0.923. The minimum absolute atomic E-state index is 0.0695. The minimum atomic E-state index is -4.15. The normalized spacial score (nSPS) is 19.8. The third kappa shape index (κ3) is 5.38. The van der Waals surface area contributed by atoms with Crippen LogP contribution in [0.15, 0.2) is 0 Å². The summed E-state index contributed by atoms with van der Waals surface area (Å²) in [7, 11) is 0. The quantitative estimate of drug-likeness (QED) is 0.601. The molecule has 0 radical (unpaired) electrons. The summed E-state index contributed by atoms with van der Waals surface area (Å²) in [6.07, 6.45) is 0.535. The van der Waals surface area contributed by atoms with Gasteiger partial charge in [-0.3, -0.25) is 4.79 Å². The molecule has 112 valence electrons. The van der Waals surface area contributed by atoms with Gasteiger partial charge < -0.3 is 11.1 Å². The third-order valence-corrected chi connectivity index (χ3v) is 3.86. The molecular weight excluding hydrogens is 257 g/mol. The molecule has 1 aliphatic carbocycles. The van der Waals surface area contributed by atoms with E-state index in [4.69, 9.17) is 5.73 Å². The van der Waals surface area contributed by atoms with E-state index in [9.17, 15) is 18.0 Å². The third-order valence-electron chi connectivity index (χ3n) is 3.86. The molecule has 1 fully saturated rings. The fourth-order valence-electron chi connectivity index (χ4n) is 2.61. The van der Waals surface area contributed by atoms with Gasteiger partial charge in [0.2, 0.25) is 5.91 Å². The largest absolute Gasteiger partial charge is 0.389 e. The van der Waals surface area contributed by atoms with E-state index in [1.165, 1.54) is 0 Å². The van der Waals surface area contributed by atoms with Gasteiger partial charge in [0.15, 0.2) is 0 Å². The minimum Gasteiger partial charge on any atom is -0.356 e. The molecule has 0 unspecified atom stereocenters. The van der Waals surface area contributed by atoms with Crippen molar-refractivity contribution in [3.8, 4) is 0 Å². The number of carbonyl (C=O) groups excluding carboxylic acids is 1. The molecule has 0 heterocycles. The summed E-state index contributed by atoms with van der Waals surface area (Å²) >= 11 is 0. The van der Waals surface area contributed by atoms with Crippen molar-refractivity contribution in [1.29, 1.82) is 0 Å². The van der Waals surface area contributed by atoms with E-state index < -0.39 is 18.0 Å². The molecule has 0 atom stereocenters. The Morgan fingerprint density at radius 3 is 2.21 bits per heavy atom. The first-order valence-corrected chi connectivity index (χ1v) is 6.95. The highest BCUT2D eigenvalue weighted by molar-refractivity contribution is 5.82. The first-order valence-electron chi connectivity index (χ1n) is 6.95. The van der Waals surface area contributed by atoms with E-state index in [1.807, 2.05) is 0 Å². The smallest absolute Gasteiger partial charge is 0.356 e. The second-order valence-corrected chi connectivity index (χ2v) is 5.37. The van der Waals surface area contributed by atoms with Gasteiger partial charge in [0.05, 0.1) is 5.41 Å². The summed E-state index contributed by atoms with van der Waals surface area (Å²) < 4.78 is 36.0. The summed E-state index contributed by atoms with van der Waals surface area (Å²) in [6.45, 7) is 0.345. The number of hydrogen-bond acceptors (Lipinski definition) is 2. The lowest BCUT2D eigenvalue weighted by Crippen LogP contribution is -2.46. The van der Waals surface area contributed by atoms with Gasteiger partial charge in [-0.05, 0) is 19.3 Å². The highest BCUT2D eigenvalue weighted by Gasteiger charge is 2.37. The average Bonchev–Trinajstić information content (AvgIpc) is 2.59. The van der Waals surface area contributed by atoms with Crippen molar-refractivity contribution in [3.05, 3.63) is 0 Å². The van der Waals surface area contributed by atoms with Gasteiger partial charge in [-0.1, -0.05) is 25.7 Å². The number of alkyl halides is 3. The van der Waals surface area contributed by atoms with Crippen molar-refractivity contribution >= 4 is 5.91 Å². The van der Waals surface area contributed by atoms with Crippen LogP contribution < -0.4 is 11.1 Å². The van der Waals surface area contributed by atoms with Crippen molar-refractivity contribution in [3.63, 3.8) is 0 Å². The van der Waals surface area contributed by atoms with Crippen LogP contribution in [0.2, 0.25) is 0 Å². The van der Waals surface area contributed by atoms with Gasteiger partial charge in [0.25, 0.3) is 0 Å². The molecule has 3 nitrogen and oxygen atoms in total. The maximum atomic E-state index is 12.2. The van der Waals surface area contributed by atoms with Gasteiger partial charge in [0.1, 0.15) is 0 Å². The van der Waals surface area contributed by atoms with Crippen LogP contribution in [0.25, 0.3) is 0 Å². The number of hydrogen-bond donors (Lipinski definition) is 2. The highest BCUT2D eigenvalue weighted by atomic mass is 19.4. The first-order chi connectivity index (χ1) is 8.90. The molecule has 1 amide bonds. The van der Waals surface area contributed by atoms with Crippen molar-refractivity contribution in [2.75, 3.05) is 13.1 Å². The number of halogens is 3. The fourth-order valence-corrected chi connectivity index (χ4v) is 2.61. The van der Waals surface area contributed by atoms with Crippen molar-refractivity contribution in [1.82, 2.24) is 5.32 Å². The van der Waals surface area contributed by atoms with Crippen molar-refractivity contribution in [2.45, 2.75) is 57.5 Å². The Labute approximate surface area is 112 Å². The predicted octanol–water partition coefficient (Wildman–Crippen LogP) is 2.74. The van der Waals surface area contributed by atoms with Gasteiger partial charge in [0, 0.05) is 19.5 Å². The number of carbonyl (C=O) groups is 1. The zero-order valence-corrected chi connectivity index (χ0v) is 11.2. The van der Waals surface area contributed by atoms with Crippen molar-refractivity contribution < 1.29 is 18.0 Å². The van der Waals surface area contributed by atoms with E-state index in [0.29, 0.717) is 0 Å². The monoisotopic (exact) mass is 280 g/mol. The van der Waals surface area contributed by atoms with E-state index in [0.717, 1.165) is 38.5 Å². The topological polar surface area (TPSA) is 55.1 Å². The SMILES string of the molecule is NCC1(C(=O)NCCCC(F)(F)F)CCCCCC1. The molecule has 0 aliphatic heterocycles. The summed E-state index contributed by atoms with van der Waals surface area (Å²) in [5, 5.41) is 2.63. The molecule has 0 aromatic heterocycles. The molecule has 0 saturated heterocycles. The zero-order valence-electron chi connectivity index (χ0n) is 11.2. The molecular formula is C13H23F3N2O. The Kier molecular flexibility index (Phi) is 6.10. The molecule has 1 saturated carbocycles. The van der Waals surface area contributed by atoms with Gasteiger partial charge in [-0.15, -0.1) is 0 Å². The Balaban J connectivity index is 2.41. The maximum absolute atomic E-state index is 12.2. The number of amides is 1. The molecule has 1 rings (SSSR count). The lowest BCUT2D eigenvalue weighted by Gasteiger charge is -2.29. The number of nitrogens with one attached hydrogen (secondary N) is 1. The highest BCUT2D eigenvalue weighted by Crippen LogP contribution is 2.34. The molecule has 0 bridgehead atoms. The van der Waals surface area contributed by atoms with Gasteiger partial charge in [-0.25, -0.2) is 0 Å². The lowest BCUT2D eigenvalue weighted by molar-refractivity contribution is -0.138. The van der Waals surface area contributed by atoms with E-state index in [-0.39, 0.29) is 25.4 Å². The van der Waals surface area contributed by atoms with Crippen LogP contribution in [-0.4, -0.2) is 25.2 Å².